The quantitative estimate of drug-likeness (QED) is 0.131. The number of furan rings is 1. The van der Waals surface area contributed by atoms with Crippen molar-refractivity contribution in [1.82, 2.24) is 9.55 Å². The fraction of sp³-hybridized carbons (Fsp3) is 0. The third kappa shape index (κ3) is 4.54. The van der Waals surface area contributed by atoms with Crippen molar-refractivity contribution in [3.8, 4) is 16.9 Å². The molecule has 3 nitrogen and oxygen atoms in total. The minimum Gasteiger partial charge on any atom is -0.456 e. The van der Waals surface area contributed by atoms with Crippen molar-refractivity contribution in [3.63, 3.8) is 0 Å². The first kappa shape index (κ1) is 29.4. The number of rotatable bonds is 6. The van der Waals surface area contributed by atoms with Crippen molar-refractivity contribution in [2.24, 2.45) is 0 Å². The molecule has 0 radical (unpaired) electrons. The van der Waals surface area contributed by atoms with Crippen LogP contribution in [0, 0.1) is 0 Å². The maximum absolute atomic E-state index is 6.80. The Morgan fingerprint density at radius 2 is 1.06 bits per heavy atom. The smallest absolute Gasteiger partial charge is 0.205 e. The molecule has 0 spiro atoms. The Kier molecular flexibility index (Phi) is 6.83. The van der Waals surface area contributed by atoms with Gasteiger partial charge in [-0.05, 0) is 64.1 Å². The number of benzene rings is 7. The fourth-order valence-corrected chi connectivity index (χ4v) is 12.8. The van der Waals surface area contributed by atoms with Crippen molar-refractivity contribution in [2.75, 3.05) is 0 Å². The van der Waals surface area contributed by atoms with Gasteiger partial charge in [-0.15, -0.1) is 0 Å². The molecule has 0 saturated carbocycles. The van der Waals surface area contributed by atoms with E-state index in [4.69, 9.17) is 9.40 Å². The summed E-state index contributed by atoms with van der Waals surface area (Å²) in [6.45, 7) is 0. The molecule has 10 aromatic rings. The zero-order valence-electron chi connectivity index (χ0n) is 27.8. The van der Waals surface area contributed by atoms with Crippen LogP contribution in [0.5, 0.6) is 0 Å². The second kappa shape index (κ2) is 11.8. The second-order valence-corrected chi connectivity index (χ2v) is 16.8. The maximum Gasteiger partial charge on any atom is 0.205 e. The summed E-state index contributed by atoms with van der Waals surface area (Å²) in [5, 5.41) is 9.47. The number of pyridine rings is 1. The summed E-state index contributed by atoms with van der Waals surface area (Å²) in [6.07, 6.45) is 0. The van der Waals surface area contributed by atoms with E-state index in [0.29, 0.717) is 0 Å². The minimum absolute atomic E-state index is 0.897. The van der Waals surface area contributed by atoms with E-state index in [2.05, 4.69) is 193 Å². The van der Waals surface area contributed by atoms with Gasteiger partial charge in [0, 0.05) is 38.1 Å². The van der Waals surface area contributed by atoms with Crippen LogP contribution < -0.4 is 20.9 Å². The van der Waals surface area contributed by atoms with Crippen LogP contribution in [0.2, 0.25) is 0 Å². The van der Waals surface area contributed by atoms with Crippen LogP contribution >= 0.6 is 0 Å². The molecule has 0 atom stereocenters. The Bertz CT molecular complexity index is 2820. The number of fused-ring (bicyclic) bond motifs is 6. The molecular weight excluding hydrogens is 637 g/mol. The van der Waals surface area contributed by atoms with E-state index in [1.807, 2.05) is 6.07 Å². The molecule has 0 unspecified atom stereocenters. The number of aromatic nitrogens is 2. The highest BCUT2D eigenvalue weighted by Gasteiger charge is 2.45. The highest BCUT2D eigenvalue weighted by atomic mass is 28.3. The Morgan fingerprint density at radius 3 is 1.82 bits per heavy atom. The summed E-state index contributed by atoms with van der Waals surface area (Å²) in [5.74, 6) is 0. The largest absolute Gasteiger partial charge is 0.456 e. The number of hydrogen-bond acceptors (Lipinski definition) is 2. The van der Waals surface area contributed by atoms with Crippen molar-refractivity contribution < 1.29 is 4.42 Å². The van der Waals surface area contributed by atoms with Gasteiger partial charge in [0.05, 0.1) is 16.7 Å². The summed E-state index contributed by atoms with van der Waals surface area (Å²) in [4.78, 5) is 5.67. The van der Waals surface area contributed by atoms with Gasteiger partial charge in [0.25, 0.3) is 0 Å². The first-order valence-electron chi connectivity index (χ1n) is 17.4. The summed E-state index contributed by atoms with van der Waals surface area (Å²) in [5.41, 5.74) is 7.39. The van der Waals surface area contributed by atoms with Crippen LogP contribution in [0.1, 0.15) is 0 Å². The second-order valence-electron chi connectivity index (χ2n) is 13.1. The summed E-state index contributed by atoms with van der Waals surface area (Å²) in [6, 6.07) is 69.5. The first-order chi connectivity index (χ1) is 25.3. The molecule has 0 aliphatic carbocycles. The Morgan fingerprint density at radius 1 is 0.451 bits per heavy atom. The van der Waals surface area contributed by atoms with Crippen LogP contribution in [-0.4, -0.2) is 17.6 Å². The number of hydrogen-bond donors (Lipinski definition) is 0. The van der Waals surface area contributed by atoms with E-state index < -0.39 is 8.07 Å². The highest BCUT2D eigenvalue weighted by Crippen LogP contribution is 2.35. The van der Waals surface area contributed by atoms with Crippen LogP contribution in [0.15, 0.2) is 199 Å². The average molecular weight is 669 g/mol. The van der Waals surface area contributed by atoms with Gasteiger partial charge in [0.2, 0.25) is 8.07 Å². The molecule has 240 valence electrons. The molecule has 0 aliphatic rings. The average Bonchev–Trinajstić information content (AvgIpc) is 3.76. The molecule has 10 rings (SSSR count). The lowest BCUT2D eigenvalue weighted by molar-refractivity contribution is 0.671. The van der Waals surface area contributed by atoms with Gasteiger partial charge < -0.3 is 8.98 Å². The number of nitrogens with zero attached hydrogens (tertiary/aromatic N) is 2. The predicted octanol–water partition coefficient (Wildman–Crippen LogP) is 9.12. The molecule has 0 bridgehead atoms. The number of para-hydroxylation sites is 4. The Balaban J connectivity index is 1.25. The fourth-order valence-electron chi connectivity index (χ4n) is 8.12. The molecule has 4 heteroatoms. The standard InChI is InChI=1S/C47H32N2OSi/c1-4-16-34(17-5-1)49-42-26-12-10-22-37(42)40-32-33(30-31-43(40)49)41-25-15-29-46(48-41)51(35-18-6-2-7-19-35,36-20-8-3-9-21-36)45-28-14-24-39-38-23-11-13-27-44(38)50-47(39)45/h1-32H. The lowest BCUT2D eigenvalue weighted by Crippen LogP contribution is -2.75. The van der Waals surface area contributed by atoms with E-state index in [0.717, 1.165) is 44.2 Å². The van der Waals surface area contributed by atoms with E-state index in [-0.39, 0.29) is 0 Å². The van der Waals surface area contributed by atoms with Gasteiger partial charge in [-0.1, -0.05) is 146 Å². The summed E-state index contributed by atoms with van der Waals surface area (Å²) < 4.78 is 9.16. The van der Waals surface area contributed by atoms with Crippen LogP contribution in [-0.2, 0) is 0 Å². The van der Waals surface area contributed by atoms with Crippen molar-refractivity contribution in [2.45, 2.75) is 0 Å². The third-order valence-electron chi connectivity index (χ3n) is 10.3. The van der Waals surface area contributed by atoms with Crippen molar-refractivity contribution in [3.05, 3.63) is 194 Å². The Labute approximate surface area is 296 Å². The van der Waals surface area contributed by atoms with E-state index in [9.17, 15) is 0 Å². The molecule has 3 aromatic heterocycles. The molecule has 0 saturated heterocycles. The van der Waals surface area contributed by atoms with Gasteiger partial charge in [0.1, 0.15) is 11.2 Å². The molecule has 3 heterocycles. The van der Waals surface area contributed by atoms with Gasteiger partial charge >= 0.3 is 0 Å². The lowest BCUT2D eigenvalue weighted by Gasteiger charge is -2.33. The summed E-state index contributed by atoms with van der Waals surface area (Å²) in [7, 11) is -3.04. The van der Waals surface area contributed by atoms with E-state index >= 15 is 0 Å². The normalized spacial score (nSPS) is 11.9. The lowest BCUT2D eigenvalue weighted by atomic mass is 10.1. The van der Waals surface area contributed by atoms with E-state index in [1.165, 1.54) is 37.4 Å². The molecule has 0 amide bonds. The molecule has 7 aromatic carbocycles. The zero-order chi connectivity index (χ0) is 33.8. The van der Waals surface area contributed by atoms with Crippen molar-refractivity contribution in [1.29, 1.82) is 0 Å². The molecule has 51 heavy (non-hydrogen) atoms. The SMILES string of the molecule is c1ccc(-n2c3ccccc3c3cc(-c4cccc([Si](c5ccccc5)(c5ccccc5)c5cccc6c5oc5ccccc56)n4)ccc32)cc1. The van der Waals surface area contributed by atoms with Gasteiger partial charge in [-0.25, -0.2) is 0 Å². The van der Waals surface area contributed by atoms with Crippen molar-refractivity contribution >= 4 is 72.7 Å². The van der Waals surface area contributed by atoms with Gasteiger partial charge in [0.15, 0.2) is 0 Å². The van der Waals surface area contributed by atoms with E-state index in [1.54, 1.807) is 0 Å². The molecule has 0 aliphatic heterocycles. The van der Waals surface area contributed by atoms with Crippen LogP contribution in [0.3, 0.4) is 0 Å². The maximum atomic E-state index is 6.80. The Hall–Kier alpha value is -6.49. The summed E-state index contributed by atoms with van der Waals surface area (Å²) >= 11 is 0. The molecule has 0 N–H and O–H groups in total. The predicted molar refractivity (Wildman–Crippen MR) is 215 cm³/mol. The minimum atomic E-state index is -3.04. The van der Waals surface area contributed by atoms with Crippen LogP contribution in [0.25, 0.3) is 60.7 Å². The van der Waals surface area contributed by atoms with Gasteiger partial charge in [-0.3, -0.25) is 4.98 Å². The third-order valence-corrected chi connectivity index (χ3v) is 15.0. The van der Waals surface area contributed by atoms with Gasteiger partial charge in [-0.2, -0.15) is 0 Å². The van der Waals surface area contributed by atoms with Crippen LogP contribution in [0.4, 0.5) is 0 Å². The molecular formula is C47H32N2OSi. The molecule has 0 fully saturated rings. The first-order valence-corrected chi connectivity index (χ1v) is 19.4. The topological polar surface area (TPSA) is 31.0 Å². The zero-order valence-corrected chi connectivity index (χ0v) is 28.8. The highest BCUT2D eigenvalue weighted by molar-refractivity contribution is 7.20. The monoisotopic (exact) mass is 668 g/mol.